The van der Waals surface area contributed by atoms with E-state index in [1.807, 2.05) is 24.3 Å². The molecule has 2 unspecified atom stereocenters. The van der Waals surface area contributed by atoms with E-state index < -0.39 is 29.7 Å². The Bertz CT molecular complexity index is 1130. The number of nitrogens with zero attached hydrogens (tertiary/aromatic N) is 1. The quantitative estimate of drug-likeness (QED) is 0.220. The molecule has 0 bridgehead atoms. The lowest BCUT2D eigenvalue weighted by Crippen LogP contribution is -2.48. The molecule has 1 amide bonds. The van der Waals surface area contributed by atoms with Gasteiger partial charge in [-0.25, -0.2) is 8.78 Å². The lowest BCUT2D eigenvalue weighted by atomic mass is 10.00. The van der Waals surface area contributed by atoms with Crippen molar-refractivity contribution in [3.8, 4) is 0 Å². The van der Waals surface area contributed by atoms with Crippen LogP contribution in [0.1, 0.15) is 34.5 Å². The van der Waals surface area contributed by atoms with E-state index in [1.165, 1.54) is 18.3 Å². The zero-order valence-corrected chi connectivity index (χ0v) is 21.0. The van der Waals surface area contributed by atoms with Gasteiger partial charge in [-0.2, -0.15) is 0 Å². The number of aromatic nitrogens is 1. The standard InChI is InChI=1S/C26H26F2IN3O3/c27-19-10-18(11-20(28)14-19)13-23(25(34)16-30-15-17-4-3-5-21(29)12-17)32-26(35)8-7-24(33)22-6-1-2-9-31-22/h1-6,9-12,14,23,25,30,34H,7-8,13,15-16H2,(H,32,35). The van der Waals surface area contributed by atoms with E-state index in [-0.39, 0.29) is 37.3 Å². The minimum atomic E-state index is -1.04. The van der Waals surface area contributed by atoms with E-state index in [0.29, 0.717) is 12.1 Å². The molecule has 0 saturated heterocycles. The van der Waals surface area contributed by atoms with Gasteiger partial charge in [0.1, 0.15) is 17.3 Å². The van der Waals surface area contributed by atoms with Gasteiger partial charge >= 0.3 is 0 Å². The molecule has 35 heavy (non-hydrogen) atoms. The van der Waals surface area contributed by atoms with Crippen LogP contribution in [0, 0.1) is 15.2 Å². The first kappa shape index (κ1) is 26.8. The van der Waals surface area contributed by atoms with Crippen LogP contribution in [0.2, 0.25) is 0 Å². The van der Waals surface area contributed by atoms with E-state index in [4.69, 9.17) is 0 Å². The second-order valence-corrected chi connectivity index (χ2v) is 9.37. The molecule has 0 saturated carbocycles. The average molecular weight is 593 g/mol. The number of benzene rings is 2. The number of carbonyl (C=O) groups excluding carboxylic acids is 2. The molecule has 184 valence electrons. The SMILES string of the molecule is O=C(CCC(=O)c1ccccn1)NC(Cc1cc(F)cc(F)c1)C(O)CNCc1cccc(I)c1. The number of Topliss-reactive ketones (excluding diaryl/α,β-unsaturated/α-hetero) is 1. The van der Waals surface area contributed by atoms with Crippen LogP contribution in [-0.2, 0) is 17.8 Å². The lowest BCUT2D eigenvalue weighted by Gasteiger charge is -2.25. The van der Waals surface area contributed by atoms with Crippen LogP contribution >= 0.6 is 22.6 Å². The van der Waals surface area contributed by atoms with Crippen LogP contribution in [0.4, 0.5) is 8.78 Å². The molecule has 0 fully saturated rings. The summed E-state index contributed by atoms with van der Waals surface area (Å²) >= 11 is 2.21. The number of pyridine rings is 1. The highest BCUT2D eigenvalue weighted by Crippen LogP contribution is 2.13. The summed E-state index contributed by atoms with van der Waals surface area (Å²) in [5.74, 6) is -2.20. The van der Waals surface area contributed by atoms with Gasteiger partial charge in [0.25, 0.3) is 0 Å². The maximum absolute atomic E-state index is 13.7. The van der Waals surface area contributed by atoms with Crippen LogP contribution in [0.5, 0.6) is 0 Å². The second-order valence-electron chi connectivity index (χ2n) is 8.12. The number of rotatable bonds is 12. The highest BCUT2D eigenvalue weighted by molar-refractivity contribution is 14.1. The number of ketones is 1. The van der Waals surface area contributed by atoms with Gasteiger partial charge in [-0.15, -0.1) is 0 Å². The molecule has 2 atom stereocenters. The summed E-state index contributed by atoms with van der Waals surface area (Å²) < 4.78 is 28.5. The Morgan fingerprint density at radius 2 is 1.74 bits per heavy atom. The molecule has 0 radical (unpaired) electrons. The molecule has 6 nitrogen and oxygen atoms in total. The predicted octanol–water partition coefficient (Wildman–Crippen LogP) is 3.81. The Morgan fingerprint density at radius 3 is 2.43 bits per heavy atom. The fourth-order valence-electron chi connectivity index (χ4n) is 3.58. The molecule has 3 aromatic rings. The Labute approximate surface area is 216 Å². The third-order valence-electron chi connectivity index (χ3n) is 5.29. The van der Waals surface area contributed by atoms with Crippen LogP contribution in [-0.4, -0.2) is 40.5 Å². The molecule has 1 heterocycles. The summed E-state index contributed by atoms with van der Waals surface area (Å²) in [5.41, 5.74) is 1.60. The van der Waals surface area contributed by atoms with Crippen molar-refractivity contribution in [2.45, 2.75) is 38.0 Å². The lowest BCUT2D eigenvalue weighted by molar-refractivity contribution is -0.122. The summed E-state index contributed by atoms with van der Waals surface area (Å²) in [4.78, 5) is 28.8. The van der Waals surface area contributed by atoms with E-state index in [1.54, 1.807) is 18.2 Å². The molecule has 0 aliphatic rings. The van der Waals surface area contributed by atoms with Gasteiger partial charge < -0.3 is 15.7 Å². The van der Waals surface area contributed by atoms with E-state index in [9.17, 15) is 23.5 Å². The van der Waals surface area contributed by atoms with Crippen molar-refractivity contribution in [1.82, 2.24) is 15.6 Å². The largest absolute Gasteiger partial charge is 0.390 e. The number of amides is 1. The molecule has 1 aromatic heterocycles. The zero-order chi connectivity index (χ0) is 25.2. The molecule has 2 aromatic carbocycles. The summed E-state index contributed by atoms with van der Waals surface area (Å²) in [7, 11) is 0. The number of hydrogen-bond acceptors (Lipinski definition) is 5. The fourth-order valence-corrected chi connectivity index (χ4v) is 4.19. The number of nitrogens with one attached hydrogen (secondary N) is 2. The second kappa shape index (κ2) is 13.4. The van der Waals surface area contributed by atoms with Gasteiger partial charge in [0, 0.05) is 41.8 Å². The van der Waals surface area contributed by atoms with Crippen LogP contribution in [0.3, 0.4) is 0 Å². The number of halogens is 3. The summed E-state index contributed by atoms with van der Waals surface area (Å²) in [6, 6.07) is 15.1. The Kier molecular flexibility index (Phi) is 10.2. The molecule has 0 spiro atoms. The van der Waals surface area contributed by atoms with Crippen molar-refractivity contribution in [2.75, 3.05) is 6.54 Å². The maximum Gasteiger partial charge on any atom is 0.220 e. The van der Waals surface area contributed by atoms with Crippen molar-refractivity contribution in [1.29, 1.82) is 0 Å². The highest BCUT2D eigenvalue weighted by atomic mass is 127. The van der Waals surface area contributed by atoms with Crippen LogP contribution in [0.25, 0.3) is 0 Å². The first-order chi connectivity index (χ1) is 16.8. The van der Waals surface area contributed by atoms with Crippen molar-refractivity contribution in [2.24, 2.45) is 0 Å². The molecular formula is C26H26F2IN3O3. The van der Waals surface area contributed by atoms with E-state index >= 15 is 0 Å². The van der Waals surface area contributed by atoms with Crippen LogP contribution in [0.15, 0.2) is 66.9 Å². The van der Waals surface area contributed by atoms with E-state index in [0.717, 1.165) is 15.2 Å². The normalized spacial score (nSPS) is 12.7. The molecule has 9 heteroatoms. The number of aliphatic hydroxyl groups excluding tert-OH is 1. The number of hydrogen-bond donors (Lipinski definition) is 3. The van der Waals surface area contributed by atoms with Crippen molar-refractivity contribution in [3.05, 3.63) is 98.9 Å². The van der Waals surface area contributed by atoms with Crippen molar-refractivity contribution in [3.63, 3.8) is 0 Å². The third kappa shape index (κ3) is 9.08. The fraction of sp³-hybridized carbons (Fsp3) is 0.269. The van der Waals surface area contributed by atoms with Gasteiger partial charge in [0.15, 0.2) is 5.78 Å². The molecule has 0 aliphatic carbocycles. The van der Waals surface area contributed by atoms with Crippen molar-refractivity contribution >= 4 is 34.3 Å². The maximum atomic E-state index is 13.7. The summed E-state index contributed by atoms with van der Waals surface area (Å²) in [6.45, 7) is 0.642. The molecule has 3 rings (SSSR count). The monoisotopic (exact) mass is 593 g/mol. The topological polar surface area (TPSA) is 91.3 Å². The highest BCUT2D eigenvalue weighted by Gasteiger charge is 2.23. The van der Waals surface area contributed by atoms with Crippen LogP contribution < -0.4 is 10.6 Å². The summed E-state index contributed by atoms with van der Waals surface area (Å²) in [6.07, 6.45) is 0.318. The molecule has 3 N–H and O–H groups in total. The average Bonchev–Trinajstić information content (AvgIpc) is 2.82. The Morgan fingerprint density at radius 1 is 0.971 bits per heavy atom. The van der Waals surface area contributed by atoms with Gasteiger partial charge in [0.2, 0.25) is 5.91 Å². The Balaban J connectivity index is 1.61. The zero-order valence-electron chi connectivity index (χ0n) is 18.9. The van der Waals surface area contributed by atoms with Gasteiger partial charge in [-0.05, 0) is 76.5 Å². The minimum absolute atomic E-state index is 0.0146. The van der Waals surface area contributed by atoms with Gasteiger partial charge in [-0.3, -0.25) is 14.6 Å². The summed E-state index contributed by atoms with van der Waals surface area (Å²) in [5, 5.41) is 16.7. The third-order valence-corrected chi connectivity index (χ3v) is 5.96. The first-order valence-electron chi connectivity index (χ1n) is 11.1. The smallest absolute Gasteiger partial charge is 0.220 e. The van der Waals surface area contributed by atoms with Gasteiger partial charge in [0.05, 0.1) is 12.1 Å². The van der Waals surface area contributed by atoms with Gasteiger partial charge in [-0.1, -0.05) is 18.2 Å². The number of carbonyl (C=O) groups is 2. The van der Waals surface area contributed by atoms with E-state index in [2.05, 4.69) is 38.2 Å². The minimum Gasteiger partial charge on any atom is -0.390 e. The molecular weight excluding hydrogens is 567 g/mol. The van der Waals surface area contributed by atoms with Crippen molar-refractivity contribution < 1.29 is 23.5 Å². The Hall–Kier alpha value is -2.76. The first-order valence-corrected chi connectivity index (χ1v) is 12.2. The predicted molar refractivity (Wildman–Crippen MR) is 137 cm³/mol. The number of aliphatic hydroxyl groups is 1. The molecule has 0 aliphatic heterocycles.